The first-order valence-corrected chi connectivity index (χ1v) is 6.22. The average Bonchev–Trinajstić information content (AvgIpc) is 2.47. The van der Waals surface area contributed by atoms with Crippen molar-refractivity contribution in [2.24, 2.45) is 0 Å². The lowest BCUT2D eigenvalue weighted by atomic mass is 10.3. The van der Waals surface area contributed by atoms with E-state index in [1.54, 1.807) is 24.3 Å². The van der Waals surface area contributed by atoms with Crippen LogP contribution in [0.1, 0.15) is 0 Å². The van der Waals surface area contributed by atoms with Crippen LogP contribution in [0.25, 0.3) is 0 Å². The summed E-state index contributed by atoms with van der Waals surface area (Å²) in [5.74, 6) is 0.226. The molecular formula is C14H11ClN2O4. The molecule has 0 atom stereocenters. The van der Waals surface area contributed by atoms with Crippen molar-refractivity contribution in [1.29, 1.82) is 0 Å². The van der Waals surface area contributed by atoms with Gasteiger partial charge in [0.05, 0.1) is 19.4 Å². The summed E-state index contributed by atoms with van der Waals surface area (Å²) in [6.07, 6.45) is 3.64. The maximum Gasteiger partial charge on any atom is 0.339 e. The molecule has 0 spiro atoms. The van der Waals surface area contributed by atoms with Gasteiger partial charge in [-0.25, -0.2) is 14.8 Å². The quantitative estimate of drug-likeness (QED) is 0.278. The van der Waals surface area contributed by atoms with Crippen LogP contribution in [0.2, 0.25) is 5.15 Å². The van der Waals surface area contributed by atoms with Gasteiger partial charge in [-0.05, 0) is 12.1 Å². The van der Waals surface area contributed by atoms with Crippen LogP contribution in [-0.2, 0) is 9.53 Å². The largest absolute Gasteiger partial charge is 0.504 e. The number of benzene rings is 1. The Morgan fingerprint density at radius 1 is 1.24 bits per heavy atom. The number of hydrogen-bond donors (Lipinski definition) is 0. The third-order valence-electron chi connectivity index (χ3n) is 2.22. The standard InChI is InChI=1S/C14H11ClN2O4/c1-19-7-6-14(18)21-11-5-3-2-4-10(11)20-13-8-12(15)16-9-17-13/h2-9H,1H3. The number of rotatable bonds is 5. The van der Waals surface area contributed by atoms with E-state index in [9.17, 15) is 4.79 Å². The summed E-state index contributed by atoms with van der Waals surface area (Å²) < 4.78 is 15.3. The van der Waals surface area contributed by atoms with Gasteiger partial charge in [-0.15, -0.1) is 0 Å². The lowest BCUT2D eigenvalue weighted by Gasteiger charge is -2.09. The monoisotopic (exact) mass is 306 g/mol. The Morgan fingerprint density at radius 3 is 2.71 bits per heavy atom. The van der Waals surface area contributed by atoms with Crippen molar-refractivity contribution in [1.82, 2.24) is 9.97 Å². The minimum Gasteiger partial charge on any atom is -0.504 e. The highest BCUT2D eigenvalue weighted by Gasteiger charge is 2.10. The summed E-state index contributed by atoms with van der Waals surface area (Å²) in [6.45, 7) is 0. The fraction of sp³-hybridized carbons (Fsp3) is 0.0714. The molecule has 0 amide bonds. The molecule has 0 aliphatic rings. The van der Waals surface area contributed by atoms with E-state index >= 15 is 0 Å². The van der Waals surface area contributed by atoms with Crippen LogP contribution in [-0.4, -0.2) is 23.0 Å². The topological polar surface area (TPSA) is 70.5 Å². The number of para-hydroxylation sites is 2. The molecule has 0 bridgehead atoms. The molecule has 1 heterocycles. The van der Waals surface area contributed by atoms with Gasteiger partial charge in [-0.3, -0.25) is 0 Å². The van der Waals surface area contributed by atoms with Gasteiger partial charge in [0.15, 0.2) is 11.5 Å². The fourth-order valence-corrected chi connectivity index (χ4v) is 1.51. The van der Waals surface area contributed by atoms with E-state index < -0.39 is 5.97 Å². The van der Waals surface area contributed by atoms with Gasteiger partial charge < -0.3 is 14.2 Å². The predicted molar refractivity (Wildman–Crippen MR) is 75.3 cm³/mol. The van der Waals surface area contributed by atoms with Gasteiger partial charge in [-0.1, -0.05) is 23.7 Å². The molecule has 0 saturated heterocycles. The number of carbonyl (C=O) groups is 1. The molecule has 1 aromatic carbocycles. The van der Waals surface area contributed by atoms with Gasteiger partial charge in [0.1, 0.15) is 11.5 Å². The average molecular weight is 307 g/mol. The van der Waals surface area contributed by atoms with E-state index in [-0.39, 0.29) is 16.8 Å². The van der Waals surface area contributed by atoms with Crippen molar-refractivity contribution in [3.8, 4) is 17.4 Å². The van der Waals surface area contributed by atoms with Crippen molar-refractivity contribution in [2.75, 3.05) is 7.11 Å². The Bertz CT molecular complexity index is 661. The molecule has 21 heavy (non-hydrogen) atoms. The highest BCUT2D eigenvalue weighted by molar-refractivity contribution is 6.29. The SMILES string of the molecule is COC=CC(=O)Oc1ccccc1Oc1cc(Cl)ncn1. The van der Waals surface area contributed by atoms with E-state index in [2.05, 4.69) is 14.7 Å². The molecule has 0 fully saturated rings. The maximum atomic E-state index is 11.5. The second kappa shape index (κ2) is 7.25. The first-order chi connectivity index (χ1) is 10.2. The van der Waals surface area contributed by atoms with Crippen molar-refractivity contribution in [3.05, 3.63) is 54.2 Å². The van der Waals surface area contributed by atoms with Gasteiger partial charge in [0, 0.05) is 6.07 Å². The van der Waals surface area contributed by atoms with E-state index in [1.165, 1.54) is 25.8 Å². The van der Waals surface area contributed by atoms with Crippen LogP contribution < -0.4 is 9.47 Å². The number of methoxy groups -OCH3 is 1. The third kappa shape index (κ3) is 4.47. The normalized spacial score (nSPS) is 10.4. The highest BCUT2D eigenvalue weighted by Crippen LogP contribution is 2.30. The first-order valence-electron chi connectivity index (χ1n) is 5.84. The van der Waals surface area contributed by atoms with Crippen molar-refractivity contribution in [3.63, 3.8) is 0 Å². The Labute approximate surface area is 126 Å². The molecule has 0 aliphatic carbocycles. The van der Waals surface area contributed by atoms with Gasteiger partial charge in [-0.2, -0.15) is 0 Å². The van der Waals surface area contributed by atoms with Crippen LogP contribution in [0.4, 0.5) is 0 Å². The molecule has 0 radical (unpaired) electrons. The molecule has 2 aromatic rings. The molecular weight excluding hydrogens is 296 g/mol. The molecule has 0 unspecified atom stereocenters. The molecule has 1 aromatic heterocycles. The highest BCUT2D eigenvalue weighted by atomic mass is 35.5. The van der Waals surface area contributed by atoms with Crippen LogP contribution >= 0.6 is 11.6 Å². The number of ether oxygens (including phenoxy) is 3. The zero-order valence-corrected chi connectivity index (χ0v) is 11.8. The Hall–Kier alpha value is -2.60. The molecule has 108 valence electrons. The molecule has 0 N–H and O–H groups in total. The smallest absolute Gasteiger partial charge is 0.339 e. The van der Waals surface area contributed by atoms with Gasteiger partial charge in [0.2, 0.25) is 5.88 Å². The first kappa shape index (κ1) is 14.8. The van der Waals surface area contributed by atoms with Gasteiger partial charge in [0.25, 0.3) is 0 Å². The third-order valence-corrected chi connectivity index (χ3v) is 2.43. The van der Waals surface area contributed by atoms with E-state index in [0.717, 1.165) is 6.08 Å². The molecule has 7 heteroatoms. The summed E-state index contributed by atoms with van der Waals surface area (Å²) in [4.78, 5) is 19.2. The van der Waals surface area contributed by atoms with Crippen molar-refractivity contribution in [2.45, 2.75) is 0 Å². The van der Waals surface area contributed by atoms with Crippen molar-refractivity contribution < 1.29 is 19.0 Å². The fourth-order valence-electron chi connectivity index (χ4n) is 1.37. The Kier molecular flexibility index (Phi) is 5.11. The summed E-state index contributed by atoms with van der Waals surface area (Å²) in [5, 5.41) is 0.248. The number of hydrogen-bond acceptors (Lipinski definition) is 6. The summed E-state index contributed by atoms with van der Waals surface area (Å²) >= 11 is 5.75. The number of carbonyl (C=O) groups excluding carboxylic acids is 1. The van der Waals surface area contributed by atoms with E-state index in [0.29, 0.717) is 5.75 Å². The number of halogens is 1. The summed E-state index contributed by atoms with van der Waals surface area (Å²) in [6, 6.07) is 8.13. The van der Waals surface area contributed by atoms with E-state index in [4.69, 9.17) is 21.1 Å². The number of nitrogens with zero attached hydrogens (tertiary/aromatic N) is 2. The van der Waals surface area contributed by atoms with Crippen LogP contribution in [0, 0.1) is 0 Å². The van der Waals surface area contributed by atoms with Crippen molar-refractivity contribution >= 4 is 17.6 Å². The Morgan fingerprint density at radius 2 is 2.00 bits per heavy atom. The molecule has 6 nitrogen and oxygen atoms in total. The minimum atomic E-state index is -0.589. The maximum absolute atomic E-state index is 11.5. The zero-order valence-electron chi connectivity index (χ0n) is 11.0. The second-order valence-electron chi connectivity index (χ2n) is 3.69. The van der Waals surface area contributed by atoms with Crippen LogP contribution in [0.3, 0.4) is 0 Å². The number of esters is 1. The lowest BCUT2D eigenvalue weighted by Crippen LogP contribution is -2.05. The van der Waals surface area contributed by atoms with E-state index in [1.807, 2.05) is 0 Å². The molecule has 0 aliphatic heterocycles. The predicted octanol–water partition coefficient (Wildman–Crippen LogP) is 2.99. The molecule has 0 saturated carbocycles. The second-order valence-corrected chi connectivity index (χ2v) is 4.07. The summed E-state index contributed by atoms with van der Waals surface area (Å²) in [7, 11) is 1.43. The lowest BCUT2D eigenvalue weighted by molar-refractivity contribution is -0.129. The van der Waals surface area contributed by atoms with Crippen LogP contribution in [0.5, 0.6) is 17.4 Å². The molecule has 2 rings (SSSR count). The van der Waals surface area contributed by atoms with Crippen LogP contribution in [0.15, 0.2) is 49.0 Å². The zero-order chi connectivity index (χ0) is 15.1. The Balaban J connectivity index is 2.17. The number of aromatic nitrogens is 2. The van der Waals surface area contributed by atoms with Gasteiger partial charge >= 0.3 is 5.97 Å². The summed E-state index contributed by atoms with van der Waals surface area (Å²) in [5.41, 5.74) is 0. The minimum absolute atomic E-state index is 0.242.